The van der Waals surface area contributed by atoms with E-state index in [0.717, 1.165) is 24.2 Å². The molecule has 3 heterocycles. The average Bonchev–Trinajstić information content (AvgIpc) is 2.74. The van der Waals surface area contributed by atoms with Crippen LogP contribution in [0.5, 0.6) is 0 Å². The zero-order valence-electron chi connectivity index (χ0n) is 17.8. The molecule has 0 amide bonds. The molecule has 2 aromatic carbocycles. The van der Waals surface area contributed by atoms with Gasteiger partial charge in [0.15, 0.2) is 5.65 Å². The minimum atomic E-state index is -0.255. The Bertz CT molecular complexity index is 1450. The van der Waals surface area contributed by atoms with Crippen molar-refractivity contribution in [2.45, 2.75) is 33.7 Å². The van der Waals surface area contributed by atoms with Gasteiger partial charge in [-0.15, -0.1) is 0 Å². The van der Waals surface area contributed by atoms with Crippen LogP contribution in [-0.2, 0) is 13.0 Å². The standard InChI is InChI=1S/C24H23N5OS/c1-14-8-9-19(15(2)12-14)29-16(3)25-21-20(23(29)31)22(30)27-24(26-21)28-11-10-17-6-4-5-7-18(17)13-28/h4-9,12H,10-11,13H2,1-3H3,(H,26,27,30). The van der Waals surface area contributed by atoms with Gasteiger partial charge in [0.1, 0.15) is 15.9 Å². The molecule has 7 heteroatoms. The van der Waals surface area contributed by atoms with Gasteiger partial charge in [0, 0.05) is 13.1 Å². The molecule has 0 saturated carbocycles. The molecule has 0 atom stereocenters. The van der Waals surface area contributed by atoms with Gasteiger partial charge in [0.05, 0.1) is 5.69 Å². The van der Waals surface area contributed by atoms with Crippen molar-refractivity contribution < 1.29 is 0 Å². The highest BCUT2D eigenvalue weighted by molar-refractivity contribution is 7.71. The first-order valence-electron chi connectivity index (χ1n) is 10.4. The number of aryl methyl sites for hydroxylation is 3. The Labute approximate surface area is 185 Å². The van der Waals surface area contributed by atoms with E-state index in [1.54, 1.807) is 0 Å². The Balaban J connectivity index is 1.64. The van der Waals surface area contributed by atoms with E-state index < -0.39 is 0 Å². The number of hydrogen-bond donors (Lipinski definition) is 1. The molecule has 1 aliphatic heterocycles. The number of H-pyrrole nitrogens is 1. The Morgan fingerprint density at radius 2 is 1.81 bits per heavy atom. The summed E-state index contributed by atoms with van der Waals surface area (Å²) in [4.78, 5) is 27.5. The SMILES string of the molecule is Cc1ccc(-n2c(C)nc3nc(N4CCc5ccccc5C4)[nH]c(=O)c3c2=S)c(C)c1. The summed E-state index contributed by atoms with van der Waals surface area (Å²) in [6.45, 7) is 7.48. The first kappa shape index (κ1) is 19.6. The summed E-state index contributed by atoms with van der Waals surface area (Å²) >= 11 is 5.74. The van der Waals surface area contributed by atoms with Gasteiger partial charge >= 0.3 is 0 Å². The van der Waals surface area contributed by atoms with Crippen molar-refractivity contribution in [3.8, 4) is 5.69 Å². The third kappa shape index (κ3) is 3.35. The number of benzene rings is 2. The molecule has 6 nitrogen and oxygen atoms in total. The smallest absolute Gasteiger partial charge is 0.264 e. The maximum atomic E-state index is 13.1. The Hall–Kier alpha value is -3.32. The van der Waals surface area contributed by atoms with Crippen LogP contribution in [-0.4, -0.2) is 26.1 Å². The van der Waals surface area contributed by atoms with Gasteiger partial charge in [-0.3, -0.25) is 14.3 Å². The minimum Gasteiger partial charge on any atom is -0.338 e. The normalized spacial score (nSPS) is 13.5. The van der Waals surface area contributed by atoms with Crippen molar-refractivity contribution in [3.63, 3.8) is 0 Å². The highest BCUT2D eigenvalue weighted by Gasteiger charge is 2.20. The van der Waals surface area contributed by atoms with Gasteiger partial charge < -0.3 is 4.90 Å². The number of nitrogens with zero attached hydrogens (tertiary/aromatic N) is 4. The second-order valence-electron chi connectivity index (χ2n) is 8.12. The van der Waals surface area contributed by atoms with Crippen LogP contribution in [0.1, 0.15) is 28.1 Å². The molecule has 1 aliphatic rings. The molecular formula is C24H23N5OS. The summed E-state index contributed by atoms with van der Waals surface area (Å²) in [5.41, 5.74) is 5.91. The molecule has 31 heavy (non-hydrogen) atoms. The van der Waals surface area contributed by atoms with E-state index in [0.29, 0.717) is 34.0 Å². The fourth-order valence-corrected chi connectivity index (χ4v) is 4.77. The third-order valence-electron chi connectivity index (χ3n) is 5.92. The molecule has 1 N–H and O–H groups in total. The largest absolute Gasteiger partial charge is 0.338 e. The minimum absolute atomic E-state index is 0.255. The van der Waals surface area contributed by atoms with E-state index in [4.69, 9.17) is 17.2 Å². The second-order valence-corrected chi connectivity index (χ2v) is 8.50. The Morgan fingerprint density at radius 1 is 1.03 bits per heavy atom. The predicted molar refractivity (Wildman–Crippen MR) is 126 cm³/mol. The summed E-state index contributed by atoms with van der Waals surface area (Å²) in [6.07, 6.45) is 0.915. The monoisotopic (exact) mass is 429 g/mol. The van der Waals surface area contributed by atoms with Crippen LogP contribution in [0, 0.1) is 25.4 Å². The molecule has 0 spiro atoms. The van der Waals surface area contributed by atoms with Crippen molar-refractivity contribution >= 4 is 29.2 Å². The van der Waals surface area contributed by atoms with Crippen LogP contribution < -0.4 is 10.5 Å². The molecule has 4 aromatic rings. The summed E-state index contributed by atoms with van der Waals surface area (Å²) in [5, 5.41) is 0.349. The number of nitrogens with one attached hydrogen (secondary N) is 1. The molecule has 156 valence electrons. The number of fused-ring (bicyclic) bond motifs is 2. The van der Waals surface area contributed by atoms with Crippen molar-refractivity contribution in [3.05, 3.63) is 85.5 Å². The van der Waals surface area contributed by atoms with Gasteiger partial charge in [0.2, 0.25) is 5.95 Å². The van der Waals surface area contributed by atoms with Gasteiger partial charge in [-0.25, -0.2) is 4.98 Å². The lowest BCUT2D eigenvalue weighted by atomic mass is 10.0. The predicted octanol–water partition coefficient (Wildman–Crippen LogP) is 4.33. The van der Waals surface area contributed by atoms with Crippen molar-refractivity contribution in [2.75, 3.05) is 11.4 Å². The van der Waals surface area contributed by atoms with E-state index in [-0.39, 0.29) is 5.56 Å². The van der Waals surface area contributed by atoms with Crippen LogP contribution >= 0.6 is 12.2 Å². The van der Waals surface area contributed by atoms with E-state index in [1.165, 1.54) is 16.7 Å². The van der Waals surface area contributed by atoms with Crippen LogP contribution in [0.15, 0.2) is 47.3 Å². The Morgan fingerprint density at radius 3 is 2.58 bits per heavy atom. The van der Waals surface area contributed by atoms with E-state index in [1.807, 2.05) is 36.6 Å². The van der Waals surface area contributed by atoms with Crippen molar-refractivity contribution in [1.29, 1.82) is 0 Å². The van der Waals surface area contributed by atoms with Crippen molar-refractivity contribution in [1.82, 2.24) is 19.5 Å². The van der Waals surface area contributed by atoms with Gasteiger partial charge in [-0.2, -0.15) is 4.98 Å². The third-order valence-corrected chi connectivity index (χ3v) is 6.31. The molecule has 0 fully saturated rings. The zero-order chi connectivity index (χ0) is 21.7. The van der Waals surface area contributed by atoms with Crippen LogP contribution in [0.4, 0.5) is 5.95 Å². The molecule has 0 saturated heterocycles. The number of hydrogen-bond acceptors (Lipinski definition) is 5. The van der Waals surface area contributed by atoms with Crippen LogP contribution in [0.25, 0.3) is 16.7 Å². The summed E-state index contributed by atoms with van der Waals surface area (Å²) < 4.78 is 2.29. The van der Waals surface area contributed by atoms with Crippen LogP contribution in [0.3, 0.4) is 0 Å². The number of aromatic amines is 1. The molecule has 5 rings (SSSR count). The number of anilines is 1. The van der Waals surface area contributed by atoms with Gasteiger partial charge in [-0.05, 0) is 49.9 Å². The highest BCUT2D eigenvalue weighted by atomic mass is 32.1. The lowest BCUT2D eigenvalue weighted by Gasteiger charge is -2.29. The second kappa shape index (κ2) is 7.42. The van der Waals surface area contributed by atoms with Gasteiger partial charge in [0.25, 0.3) is 5.56 Å². The van der Waals surface area contributed by atoms with E-state index >= 15 is 0 Å². The van der Waals surface area contributed by atoms with E-state index in [2.05, 4.69) is 46.1 Å². The van der Waals surface area contributed by atoms with Gasteiger partial charge in [-0.1, -0.05) is 54.2 Å². The summed E-state index contributed by atoms with van der Waals surface area (Å²) in [7, 11) is 0. The highest BCUT2D eigenvalue weighted by Crippen LogP contribution is 2.24. The van der Waals surface area contributed by atoms with Crippen LogP contribution in [0.2, 0.25) is 0 Å². The lowest BCUT2D eigenvalue weighted by molar-refractivity contribution is 0.707. The number of rotatable bonds is 2. The first-order valence-corrected chi connectivity index (χ1v) is 10.8. The first-order chi connectivity index (χ1) is 14.9. The molecular weight excluding hydrogens is 406 g/mol. The number of aromatic nitrogens is 4. The quantitative estimate of drug-likeness (QED) is 0.481. The maximum Gasteiger partial charge on any atom is 0.264 e. The maximum absolute atomic E-state index is 13.1. The fraction of sp³-hybridized carbons (Fsp3) is 0.250. The molecule has 0 aliphatic carbocycles. The topological polar surface area (TPSA) is 66.8 Å². The fourth-order valence-electron chi connectivity index (χ4n) is 4.35. The molecule has 2 aromatic heterocycles. The molecule has 0 unspecified atom stereocenters. The zero-order valence-corrected chi connectivity index (χ0v) is 18.6. The van der Waals surface area contributed by atoms with Crippen molar-refractivity contribution in [2.24, 2.45) is 0 Å². The van der Waals surface area contributed by atoms with E-state index in [9.17, 15) is 4.79 Å². The summed E-state index contributed by atoms with van der Waals surface area (Å²) in [5.74, 6) is 1.25. The lowest BCUT2D eigenvalue weighted by Crippen LogP contribution is -2.33. The Kier molecular flexibility index (Phi) is 4.70. The average molecular weight is 430 g/mol. The summed E-state index contributed by atoms with van der Waals surface area (Å²) in [6, 6.07) is 14.5. The molecule has 0 radical (unpaired) electrons. The molecule has 0 bridgehead atoms.